The van der Waals surface area contributed by atoms with Crippen LogP contribution in [0.2, 0.25) is 0 Å². The molecule has 3 N–H and O–H groups in total. The lowest BCUT2D eigenvalue weighted by Crippen LogP contribution is -2.29. The van der Waals surface area contributed by atoms with E-state index < -0.39 is 0 Å². The summed E-state index contributed by atoms with van der Waals surface area (Å²) in [5.41, 5.74) is 2.02. The molecule has 2 aliphatic rings. The van der Waals surface area contributed by atoms with Crippen molar-refractivity contribution in [2.75, 3.05) is 23.7 Å². The summed E-state index contributed by atoms with van der Waals surface area (Å²) >= 11 is 0. The van der Waals surface area contributed by atoms with Gasteiger partial charge in [-0.2, -0.15) is 4.98 Å². The second-order valence-electron chi connectivity index (χ2n) is 7.63. The van der Waals surface area contributed by atoms with E-state index in [0.29, 0.717) is 17.9 Å². The van der Waals surface area contributed by atoms with Crippen LogP contribution in [0.3, 0.4) is 0 Å². The van der Waals surface area contributed by atoms with Crippen molar-refractivity contribution in [2.24, 2.45) is 0 Å². The minimum Gasteiger partial charge on any atom is -0.367 e. The molecule has 0 atom stereocenters. The third-order valence-electron chi connectivity index (χ3n) is 5.64. The molecule has 0 bridgehead atoms. The van der Waals surface area contributed by atoms with Crippen molar-refractivity contribution in [1.29, 1.82) is 0 Å². The third kappa shape index (κ3) is 4.75. The summed E-state index contributed by atoms with van der Waals surface area (Å²) < 4.78 is 13.1. The first-order valence-electron chi connectivity index (χ1n) is 10.1. The number of benzene rings is 1. The van der Waals surface area contributed by atoms with Crippen LogP contribution in [-0.4, -0.2) is 29.1 Å². The predicted molar refractivity (Wildman–Crippen MR) is 107 cm³/mol. The Labute approximate surface area is 160 Å². The molecule has 27 heavy (non-hydrogen) atoms. The Balaban J connectivity index is 1.57. The van der Waals surface area contributed by atoms with Crippen LogP contribution in [0.4, 0.5) is 21.8 Å². The molecule has 0 spiro atoms. The van der Waals surface area contributed by atoms with Crippen molar-refractivity contribution >= 4 is 17.5 Å². The highest BCUT2D eigenvalue weighted by molar-refractivity contribution is 5.57. The summed E-state index contributed by atoms with van der Waals surface area (Å²) in [5.74, 6) is 1.77. The predicted octanol–water partition coefficient (Wildman–Crippen LogP) is 4.57. The Morgan fingerprint density at radius 3 is 2.44 bits per heavy atom. The van der Waals surface area contributed by atoms with E-state index in [1.54, 1.807) is 12.1 Å². The van der Waals surface area contributed by atoms with Crippen LogP contribution in [0.1, 0.15) is 56.4 Å². The number of halogens is 1. The van der Waals surface area contributed by atoms with Crippen molar-refractivity contribution in [2.45, 2.75) is 56.9 Å². The molecule has 1 saturated heterocycles. The van der Waals surface area contributed by atoms with Crippen molar-refractivity contribution < 1.29 is 4.39 Å². The zero-order valence-corrected chi connectivity index (χ0v) is 15.7. The fraction of sp³-hybridized carbons (Fsp3) is 0.524. The Bertz CT molecular complexity index is 737. The quantitative estimate of drug-likeness (QED) is 0.721. The van der Waals surface area contributed by atoms with Crippen LogP contribution in [-0.2, 0) is 0 Å². The van der Waals surface area contributed by atoms with Crippen LogP contribution in [0.5, 0.6) is 0 Å². The van der Waals surface area contributed by atoms with Gasteiger partial charge in [-0.3, -0.25) is 0 Å². The zero-order valence-electron chi connectivity index (χ0n) is 15.7. The second-order valence-corrected chi connectivity index (χ2v) is 7.63. The molecule has 2 aromatic rings. The van der Waals surface area contributed by atoms with Gasteiger partial charge >= 0.3 is 0 Å². The minimum atomic E-state index is -0.248. The lowest BCUT2D eigenvalue weighted by atomic mass is 9.90. The maximum atomic E-state index is 13.1. The standard InChI is InChI=1S/C21H28FN5/c22-16-6-8-18(9-7-16)26-21-24-14-19(15-10-12-23-13-11-15)20(27-21)25-17-4-2-1-3-5-17/h6-9,14-15,17,23H,1-5,10-13H2,(H2,24,25,26,27). The van der Waals surface area contributed by atoms with Gasteiger partial charge < -0.3 is 16.0 Å². The van der Waals surface area contributed by atoms with E-state index in [4.69, 9.17) is 4.98 Å². The Hall–Kier alpha value is -2.21. The van der Waals surface area contributed by atoms with E-state index in [-0.39, 0.29) is 5.82 Å². The number of nitrogens with zero attached hydrogens (tertiary/aromatic N) is 2. The van der Waals surface area contributed by atoms with Crippen LogP contribution >= 0.6 is 0 Å². The SMILES string of the molecule is Fc1ccc(Nc2ncc(C3CCNCC3)c(NC3CCCCC3)n2)cc1. The molecular weight excluding hydrogens is 341 g/mol. The summed E-state index contributed by atoms with van der Waals surface area (Å²) in [6.07, 6.45) is 10.5. The van der Waals surface area contributed by atoms with E-state index in [9.17, 15) is 4.39 Å². The number of anilines is 3. The first-order chi connectivity index (χ1) is 13.3. The molecule has 6 heteroatoms. The molecule has 2 heterocycles. The first kappa shape index (κ1) is 18.2. The molecule has 144 valence electrons. The van der Waals surface area contributed by atoms with Crippen LogP contribution in [0.15, 0.2) is 30.5 Å². The number of aromatic nitrogens is 2. The monoisotopic (exact) mass is 369 g/mol. The first-order valence-corrected chi connectivity index (χ1v) is 10.1. The molecule has 1 saturated carbocycles. The highest BCUT2D eigenvalue weighted by Crippen LogP contribution is 2.32. The molecule has 4 rings (SSSR count). The van der Waals surface area contributed by atoms with Gasteiger partial charge in [-0.15, -0.1) is 0 Å². The normalized spacial score (nSPS) is 19.0. The molecule has 0 unspecified atom stereocenters. The molecule has 1 aliphatic heterocycles. The lowest BCUT2D eigenvalue weighted by molar-refractivity contribution is 0.451. The summed E-state index contributed by atoms with van der Waals surface area (Å²) in [6.45, 7) is 2.09. The Kier molecular flexibility index (Phi) is 5.82. The van der Waals surface area contributed by atoms with E-state index in [0.717, 1.165) is 37.4 Å². The fourth-order valence-corrected chi connectivity index (χ4v) is 4.10. The van der Waals surface area contributed by atoms with Gasteiger partial charge in [0.15, 0.2) is 0 Å². The smallest absolute Gasteiger partial charge is 0.229 e. The van der Waals surface area contributed by atoms with E-state index in [1.807, 2.05) is 6.20 Å². The average Bonchev–Trinajstić information content (AvgIpc) is 2.71. The van der Waals surface area contributed by atoms with Crippen LogP contribution < -0.4 is 16.0 Å². The number of piperidine rings is 1. The van der Waals surface area contributed by atoms with Gasteiger partial charge in [-0.05, 0) is 69.0 Å². The van der Waals surface area contributed by atoms with Gasteiger partial charge in [-0.25, -0.2) is 9.37 Å². The molecule has 1 aliphatic carbocycles. The lowest BCUT2D eigenvalue weighted by Gasteiger charge is -2.28. The number of nitrogens with one attached hydrogen (secondary N) is 3. The van der Waals surface area contributed by atoms with Crippen molar-refractivity contribution in [3.63, 3.8) is 0 Å². The molecule has 0 amide bonds. The maximum absolute atomic E-state index is 13.1. The highest BCUT2D eigenvalue weighted by Gasteiger charge is 2.22. The average molecular weight is 369 g/mol. The van der Waals surface area contributed by atoms with Gasteiger partial charge in [0.25, 0.3) is 0 Å². The number of rotatable bonds is 5. The summed E-state index contributed by atoms with van der Waals surface area (Å²) in [4.78, 5) is 9.36. The second kappa shape index (κ2) is 8.65. The van der Waals surface area contributed by atoms with Crippen LogP contribution in [0, 0.1) is 5.82 Å². The van der Waals surface area contributed by atoms with Gasteiger partial charge in [0.05, 0.1) is 0 Å². The topological polar surface area (TPSA) is 61.9 Å². The number of hydrogen-bond acceptors (Lipinski definition) is 5. The molecule has 1 aromatic heterocycles. The van der Waals surface area contributed by atoms with Crippen molar-refractivity contribution in [3.8, 4) is 0 Å². The zero-order chi connectivity index (χ0) is 18.5. The minimum absolute atomic E-state index is 0.248. The molecular formula is C21H28FN5. The van der Waals surface area contributed by atoms with Gasteiger partial charge in [0, 0.05) is 23.5 Å². The highest BCUT2D eigenvalue weighted by atomic mass is 19.1. The summed E-state index contributed by atoms with van der Waals surface area (Å²) in [7, 11) is 0. The summed E-state index contributed by atoms with van der Waals surface area (Å²) in [6, 6.07) is 6.77. The maximum Gasteiger partial charge on any atom is 0.229 e. The Morgan fingerprint density at radius 2 is 1.70 bits per heavy atom. The summed E-state index contributed by atoms with van der Waals surface area (Å²) in [5, 5.41) is 10.3. The molecule has 1 aromatic carbocycles. The fourth-order valence-electron chi connectivity index (χ4n) is 4.10. The van der Waals surface area contributed by atoms with E-state index in [1.165, 1.54) is 49.8 Å². The molecule has 0 radical (unpaired) electrons. The van der Waals surface area contributed by atoms with E-state index >= 15 is 0 Å². The van der Waals surface area contributed by atoms with Gasteiger partial charge in [-0.1, -0.05) is 19.3 Å². The Morgan fingerprint density at radius 1 is 0.963 bits per heavy atom. The van der Waals surface area contributed by atoms with Crippen molar-refractivity contribution in [1.82, 2.24) is 15.3 Å². The van der Waals surface area contributed by atoms with Crippen LogP contribution in [0.25, 0.3) is 0 Å². The van der Waals surface area contributed by atoms with Gasteiger partial charge in [0.1, 0.15) is 11.6 Å². The van der Waals surface area contributed by atoms with E-state index in [2.05, 4.69) is 20.9 Å². The molecule has 2 fully saturated rings. The van der Waals surface area contributed by atoms with Gasteiger partial charge in [0.2, 0.25) is 5.95 Å². The largest absolute Gasteiger partial charge is 0.367 e. The van der Waals surface area contributed by atoms with Crippen molar-refractivity contribution in [3.05, 3.63) is 41.8 Å². The molecule has 5 nitrogen and oxygen atoms in total. The number of hydrogen-bond donors (Lipinski definition) is 3. The third-order valence-corrected chi connectivity index (χ3v) is 5.64.